The summed E-state index contributed by atoms with van der Waals surface area (Å²) < 4.78 is 0. The van der Waals surface area contributed by atoms with Crippen LogP contribution in [0.5, 0.6) is 0 Å². The van der Waals surface area contributed by atoms with Crippen molar-refractivity contribution in [1.82, 2.24) is 4.98 Å². The van der Waals surface area contributed by atoms with Crippen LogP contribution in [0.4, 0.5) is 5.69 Å². The SMILES string of the molecule is CCCCCN(C)c1c(C(=O)O)cnc2ccccc12. The maximum atomic E-state index is 11.4. The van der Waals surface area contributed by atoms with Crippen molar-refractivity contribution >= 4 is 22.6 Å². The predicted molar refractivity (Wildman–Crippen MR) is 81.5 cm³/mol. The van der Waals surface area contributed by atoms with E-state index in [0.29, 0.717) is 0 Å². The lowest BCUT2D eigenvalue weighted by Gasteiger charge is -2.22. The molecule has 0 aliphatic rings. The van der Waals surface area contributed by atoms with Crippen molar-refractivity contribution in [3.8, 4) is 0 Å². The van der Waals surface area contributed by atoms with Gasteiger partial charge in [-0.05, 0) is 12.5 Å². The third-order valence-electron chi connectivity index (χ3n) is 3.46. The molecule has 0 aliphatic carbocycles. The first kappa shape index (κ1) is 14.3. The Hall–Kier alpha value is -2.10. The predicted octanol–water partition coefficient (Wildman–Crippen LogP) is 3.56. The molecule has 0 unspecified atom stereocenters. The van der Waals surface area contributed by atoms with Crippen molar-refractivity contribution in [3.05, 3.63) is 36.0 Å². The first-order valence-corrected chi connectivity index (χ1v) is 6.97. The normalized spacial score (nSPS) is 10.7. The number of nitrogens with zero attached hydrogens (tertiary/aromatic N) is 2. The summed E-state index contributed by atoms with van der Waals surface area (Å²) in [6, 6.07) is 7.67. The highest BCUT2D eigenvalue weighted by Gasteiger charge is 2.17. The van der Waals surface area contributed by atoms with E-state index in [1.165, 1.54) is 6.20 Å². The number of aromatic nitrogens is 1. The van der Waals surface area contributed by atoms with Crippen molar-refractivity contribution in [3.63, 3.8) is 0 Å². The van der Waals surface area contributed by atoms with Crippen LogP contribution in [0, 0.1) is 0 Å². The molecule has 4 heteroatoms. The van der Waals surface area contributed by atoms with E-state index < -0.39 is 5.97 Å². The van der Waals surface area contributed by atoms with Crippen molar-refractivity contribution in [2.24, 2.45) is 0 Å². The molecule has 20 heavy (non-hydrogen) atoms. The molecule has 1 aromatic carbocycles. The number of anilines is 1. The first-order chi connectivity index (χ1) is 9.65. The zero-order valence-corrected chi connectivity index (χ0v) is 12.0. The Labute approximate surface area is 119 Å². The van der Waals surface area contributed by atoms with Crippen molar-refractivity contribution in [2.45, 2.75) is 26.2 Å². The van der Waals surface area contributed by atoms with Crippen LogP contribution in [0.3, 0.4) is 0 Å². The van der Waals surface area contributed by atoms with Crippen LogP contribution in [0.25, 0.3) is 10.9 Å². The molecule has 0 atom stereocenters. The largest absolute Gasteiger partial charge is 0.478 e. The first-order valence-electron chi connectivity index (χ1n) is 6.97. The number of pyridine rings is 1. The minimum Gasteiger partial charge on any atom is -0.478 e. The van der Waals surface area contributed by atoms with Crippen molar-refractivity contribution in [2.75, 3.05) is 18.5 Å². The van der Waals surface area contributed by atoms with E-state index in [9.17, 15) is 9.90 Å². The molecule has 0 saturated carbocycles. The summed E-state index contributed by atoms with van der Waals surface area (Å²) in [7, 11) is 1.95. The number of hydrogen-bond donors (Lipinski definition) is 1. The van der Waals surface area contributed by atoms with Crippen LogP contribution in [0.15, 0.2) is 30.5 Å². The molecule has 0 amide bonds. The van der Waals surface area contributed by atoms with E-state index in [1.807, 2.05) is 36.2 Å². The summed E-state index contributed by atoms with van der Waals surface area (Å²) in [4.78, 5) is 17.7. The Bertz CT molecular complexity index is 610. The zero-order valence-electron chi connectivity index (χ0n) is 12.0. The number of rotatable bonds is 6. The van der Waals surface area contributed by atoms with E-state index in [4.69, 9.17) is 0 Å². The number of unbranched alkanes of at least 4 members (excludes halogenated alkanes) is 2. The van der Waals surface area contributed by atoms with Crippen molar-refractivity contribution in [1.29, 1.82) is 0 Å². The fourth-order valence-corrected chi connectivity index (χ4v) is 2.41. The number of para-hydroxylation sites is 1. The second kappa shape index (κ2) is 6.37. The summed E-state index contributed by atoms with van der Waals surface area (Å²) in [6.07, 6.45) is 4.81. The lowest BCUT2D eigenvalue weighted by Crippen LogP contribution is -2.21. The fourth-order valence-electron chi connectivity index (χ4n) is 2.41. The molecule has 2 rings (SSSR count). The summed E-state index contributed by atoms with van der Waals surface area (Å²) in [5, 5.41) is 10.3. The van der Waals surface area contributed by atoms with Gasteiger partial charge in [-0.2, -0.15) is 0 Å². The van der Waals surface area contributed by atoms with Crippen LogP contribution in [0.1, 0.15) is 36.5 Å². The lowest BCUT2D eigenvalue weighted by atomic mass is 10.1. The second-order valence-electron chi connectivity index (χ2n) is 4.97. The third-order valence-corrected chi connectivity index (χ3v) is 3.46. The highest BCUT2D eigenvalue weighted by atomic mass is 16.4. The quantitative estimate of drug-likeness (QED) is 0.817. The van der Waals surface area contributed by atoms with Gasteiger partial charge in [0.25, 0.3) is 0 Å². The molecule has 0 aliphatic heterocycles. The minimum atomic E-state index is -0.930. The highest BCUT2D eigenvalue weighted by Crippen LogP contribution is 2.29. The van der Waals surface area contributed by atoms with E-state index in [1.54, 1.807) is 0 Å². The third kappa shape index (κ3) is 2.90. The van der Waals surface area contributed by atoms with Gasteiger partial charge in [0.2, 0.25) is 0 Å². The van der Waals surface area contributed by atoms with Gasteiger partial charge in [0, 0.05) is 25.2 Å². The average molecular weight is 272 g/mol. The summed E-state index contributed by atoms with van der Waals surface area (Å²) in [6.45, 7) is 3.01. The van der Waals surface area contributed by atoms with E-state index in [2.05, 4.69) is 11.9 Å². The van der Waals surface area contributed by atoms with Gasteiger partial charge in [-0.1, -0.05) is 38.0 Å². The van der Waals surface area contributed by atoms with Gasteiger partial charge in [-0.3, -0.25) is 4.98 Å². The second-order valence-corrected chi connectivity index (χ2v) is 4.97. The molecule has 0 spiro atoms. The van der Waals surface area contributed by atoms with Crippen LogP contribution in [0.2, 0.25) is 0 Å². The smallest absolute Gasteiger partial charge is 0.339 e. The standard InChI is InChI=1S/C16H20N2O2/c1-3-4-7-10-18(2)15-12-8-5-6-9-14(12)17-11-13(15)16(19)20/h5-6,8-9,11H,3-4,7,10H2,1-2H3,(H,19,20). The number of carboxylic acid groups (broad SMARTS) is 1. The molecule has 0 saturated heterocycles. The maximum absolute atomic E-state index is 11.4. The Balaban J connectivity index is 2.46. The maximum Gasteiger partial charge on any atom is 0.339 e. The Morgan fingerprint density at radius 1 is 1.30 bits per heavy atom. The number of fused-ring (bicyclic) bond motifs is 1. The van der Waals surface area contributed by atoms with Gasteiger partial charge < -0.3 is 10.0 Å². The minimum absolute atomic E-state index is 0.266. The molecule has 0 fully saturated rings. The van der Waals surface area contributed by atoms with Crippen LogP contribution in [-0.4, -0.2) is 29.7 Å². The van der Waals surface area contributed by atoms with Crippen molar-refractivity contribution < 1.29 is 9.90 Å². The molecule has 0 bridgehead atoms. The lowest BCUT2D eigenvalue weighted by molar-refractivity contribution is 0.0697. The summed E-state index contributed by atoms with van der Waals surface area (Å²) in [5.41, 5.74) is 1.86. The zero-order chi connectivity index (χ0) is 14.5. The fraction of sp³-hybridized carbons (Fsp3) is 0.375. The van der Waals surface area contributed by atoms with Crippen LogP contribution >= 0.6 is 0 Å². The monoisotopic (exact) mass is 272 g/mol. The number of benzene rings is 1. The number of carbonyl (C=O) groups is 1. The molecule has 1 heterocycles. The molecule has 1 N–H and O–H groups in total. The van der Waals surface area contributed by atoms with E-state index in [-0.39, 0.29) is 5.56 Å². The number of carboxylic acids is 1. The molecule has 2 aromatic rings. The van der Waals surface area contributed by atoms with Gasteiger partial charge in [0.15, 0.2) is 0 Å². The van der Waals surface area contributed by atoms with Gasteiger partial charge in [-0.25, -0.2) is 4.79 Å². The van der Waals surface area contributed by atoms with Crippen LogP contribution < -0.4 is 4.90 Å². The molecule has 1 aromatic heterocycles. The Morgan fingerprint density at radius 3 is 2.75 bits per heavy atom. The molecule has 0 radical (unpaired) electrons. The Kier molecular flexibility index (Phi) is 4.56. The van der Waals surface area contributed by atoms with Crippen LogP contribution in [-0.2, 0) is 0 Å². The number of aromatic carboxylic acids is 1. The molecular weight excluding hydrogens is 252 g/mol. The summed E-state index contributed by atoms with van der Waals surface area (Å²) >= 11 is 0. The van der Waals surface area contributed by atoms with Gasteiger partial charge >= 0.3 is 5.97 Å². The van der Waals surface area contributed by atoms with Gasteiger partial charge in [0.05, 0.1) is 11.2 Å². The van der Waals surface area contributed by atoms with E-state index in [0.717, 1.165) is 42.4 Å². The molecular formula is C16H20N2O2. The molecule has 106 valence electrons. The van der Waals surface area contributed by atoms with E-state index >= 15 is 0 Å². The van der Waals surface area contributed by atoms with Gasteiger partial charge in [-0.15, -0.1) is 0 Å². The van der Waals surface area contributed by atoms with Gasteiger partial charge in [0.1, 0.15) is 5.56 Å². The average Bonchev–Trinajstić information content (AvgIpc) is 2.46. The summed E-state index contributed by atoms with van der Waals surface area (Å²) in [5.74, 6) is -0.930. The number of hydrogen-bond acceptors (Lipinski definition) is 3. The Morgan fingerprint density at radius 2 is 2.05 bits per heavy atom. The topological polar surface area (TPSA) is 53.4 Å². The highest BCUT2D eigenvalue weighted by molar-refractivity contribution is 6.04. The molecule has 4 nitrogen and oxygen atoms in total.